The number of fused-ring (bicyclic) bond motifs is 1. The maximum Gasteiger partial charge on any atom is 0.273 e. The van der Waals surface area contributed by atoms with E-state index >= 15 is 0 Å². The Kier molecular flexibility index (Phi) is 6.13. The number of carbonyl (C=O) groups is 1. The maximum absolute atomic E-state index is 12.5. The highest BCUT2D eigenvalue weighted by Crippen LogP contribution is 2.20. The van der Waals surface area contributed by atoms with E-state index in [2.05, 4.69) is 38.1 Å². The lowest BCUT2D eigenvalue weighted by molar-refractivity contribution is 0.0948. The summed E-state index contributed by atoms with van der Waals surface area (Å²) >= 11 is 0. The van der Waals surface area contributed by atoms with Crippen LogP contribution >= 0.6 is 12.4 Å². The van der Waals surface area contributed by atoms with Crippen LogP contribution in [0.2, 0.25) is 0 Å². The first-order chi connectivity index (χ1) is 12.7. The molecule has 1 amide bonds. The van der Waals surface area contributed by atoms with Crippen LogP contribution in [-0.4, -0.2) is 45.5 Å². The lowest BCUT2D eigenvalue weighted by Crippen LogP contribution is -2.30. The largest absolute Gasteiger partial charge is 0.361 e. The summed E-state index contributed by atoms with van der Waals surface area (Å²) in [6.07, 6.45) is 4.82. The summed E-state index contributed by atoms with van der Waals surface area (Å²) in [4.78, 5) is 15.8. The first-order valence-corrected chi connectivity index (χ1v) is 9.19. The zero-order valence-corrected chi connectivity index (χ0v) is 16.2. The molecule has 1 saturated heterocycles. The van der Waals surface area contributed by atoms with E-state index in [1.54, 1.807) is 0 Å². The van der Waals surface area contributed by atoms with E-state index in [0.717, 1.165) is 43.6 Å². The quantitative estimate of drug-likeness (QED) is 0.626. The highest BCUT2D eigenvalue weighted by Gasteiger charge is 2.22. The fraction of sp³-hybridized carbons (Fsp3) is 0.421. The normalized spacial score (nSPS) is 14.9. The van der Waals surface area contributed by atoms with E-state index in [0.29, 0.717) is 18.3 Å². The van der Waals surface area contributed by atoms with Crippen molar-refractivity contribution in [3.8, 4) is 0 Å². The highest BCUT2D eigenvalue weighted by molar-refractivity contribution is 5.93. The summed E-state index contributed by atoms with van der Waals surface area (Å²) in [6, 6.07) is 8.52. The number of carbonyl (C=O) groups excluding carboxylic acids is 1. The van der Waals surface area contributed by atoms with Crippen molar-refractivity contribution in [1.29, 1.82) is 0 Å². The number of hydrogen-bond acceptors (Lipinski definition) is 4. The van der Waals surface area contributed by atoms with Crippen LogP contribution in [0, 0.1) is 6.92 Å². The third-order valence-electron chi connectivity index (χ3n) is 5.15. The molecule has 1 aliphatic heterocycles. The van der Waals surface area contributed by atoms with Crippen LogP contribution in [0.4, 0.5) is 0 Å². The number of H-pyrrole nitrogens is 1. The molecule has 7 nitrogen and oxygen atoms in total. The van der Waals surface area contributed by atoms with Crippen molar-refractivity contribution >= 4 is 29.2 Å². The molecule has 27 heavy (non-hydrogen) atoms. The predicted molar refractivity (Wildman–Crippen MR) is 107 cm³/mol. The maximum atomic E-state index is 12.5. The van der Waals surface area contributed by atoms with Crippen molar-refractivity contribution in [2.24, 2.45) is 0 Å². The zero-order valence-electron chi connectivity index (χ0n) is 15.4. The van der Waals surface area contributed by atoms with Gasteiger partial charge in [0.25, 0.3) is 5.91 Å². The summed E-state index contributed by atoms with van der Waals surface area (Å²) < 4.78 is 1.91. The minimum Gasteiger partial charge on any atom is -0.361 e. The summed E-state index contributed by atoms with van der Waals surface area (Å²) in [6.45, 7) is 4.46. The van der Waals surface area contributed by atoms with Gasteiger partial charge in [0.05, 0.1) is 11.7 Å². The molecular weight excluding hydrogens is 364 g/mol. The third-order valence-corrected chi connectivity index (χ3v) is 5.15. The average Bonchev–Trinajstić information content (AvgIpc) is 3.26. The van der Waals surface area contributed by atoms with Gasteiger partial charge in [-0.1, -0.05) is 23.4 Å². The molecule has 8 heteroatoms. The molecule has 0 saturated carbocycles. The van der Waals surface area contributed by atoms with Crippen LogP contribution in [0.15, 0.2) is 30.5 Å². The number of rotatable bonds is 5. The number of amides is 1. The number of aromatic nitrogens is 4. The minimum absolute atomic E-state index is 0. The van der Waals surface area contributed by atoms with Crippen molar-refractivity contribution in [3.05, 3.63) is 47.4 Å². The van der Waals surface area contributed by atoms with Gasteiger partial charge < -0.3 is 15.6 Å². The number of aromatic amines is 1. The van der Waals surface area contributed by atoms with Gasteiger partial charge >= 0.3 is 0 Å². The summed E-state index contributed by atoms with van der Waals surface area (Å²) in [7, 11) is 0. The Balaban J connectivity index is 0.00000210. The fourth-order valence-corrected chi connectivity index (χ4v) is 3.68. The van der Waals surface area contributed by atoms with E-state index in [9.17, 15) is 4.79 Å². The van der Waals surface area contributed by atoms with Gasteiger partial charge in [0.1, 0.15) is 0 Å². The van der Waals surface area contributed by atoms with Crippen molar-refractivity contribution in [2.75, 3.05) is 19.6 Å². The molecule has 0 radical (unpaired) electrons. The van der Waals surface area contributed by atoms with E-state index in [-0.39, 0.29) is 18.3 Å². The van der Waals surface area contributed by atoms with E-state index in [4.69, 9.17) is 0 Å². The van der Waals surface area contributed by atoms with Crippen LogP contribution in [0.25, 0.3) is 10.9 Å². The number of benzene rings is 1. The molecule has 0 unspecified atom stereocenters. The highest BCUT2D eigenvalue weighted by atomic mass is 35.5. The molecule has 1 aromatic carbocycles. The number of halogens is 1. The van der Waals surface area contributed by atoms with Crippen molar-refractivity contribution in [1.82, 2.24) is 30.6 Å². The zero-order chi connectivity index (χ0) is 17.9. The molecule has 0 atom stereocenters. The van der Waals surface area contributed by atoms with Crippen molar-refractivity contribution in [3.63, 3.8) is 0 Å². The molecule has 144 valence electrons. The van der Waals surface area contributed by atoms with Gasteiger partial charge in [-0.15, -0.1) is 17.5 Å². The second-order valence-electron chi connectivity index (χ2n) is 6.81. The standard InChI is InChI=1S/C19H24N6O.ClH/c1-13-18(23-24-25(13)15-7-9-20-10-8-15)19(26)21-11-6-14-12-22-17-5-3-2-4-16(14)17;/h2-5,12,15,20,22H,6-11H2,1H3,(H,21,26);1H. The van der Waals surface area contributed by atoms with Gasteiger partial charge in [-0.2, -0.15) is 0 Å². The molecule has 1 fully saturated rings. The van der Waals surface area contributed by atoms with Crippen LogP contribution in [0.1, 0.15) is 40.6 Å². The van der Waals surface area contributed by atoms with Crippen molar-refractivity contribution in [2.45, 2.75) is 32.2 Å². The van der Waals surface area contributed by atoms with Gasteiger partial charge in [-0.05, 0) is 50.9 Å². The molecule has 1 aliphatic rings. The predicted octanol–water partition coefficient (Wildman–Crippen LogP) is 2.39. The minimum atomic E-state index is -0.150. The molecule has 0 spiro atoms. The van der Waals surface area contributed by atoms with Gasteiger partial charge in [-0.25, -0.2) is 4.68 Å². The Hall–Kier alpha value is -2.38. The monoisotopic (exact) mass is 388 g/mol. The molecule has 0 bridgehead atoms. The summed E-state index contributed by atoms with van der Waals surface area (Å²) in [5, 5.41) is 15.9. The topological polar surface area (TPSA) is 87.6 Å². The lowest BCUT2D eigenvalue weighted by atomic mass is 10.1. The number of para-hydroxylation sites is 1. The van der Waals surface area contributed by atoms with Gasteiger partial charge in [0.15, 0.2) is 5.69 Å². The third kappa shape index (κ3) is 3.99. The number of nitrogens with zero attached hydrogens (tertiary/aromatic N) is 3. The Morgan fingerprint density at radius 1 is 1.30 bits per heavy atom. The Morgan fingerprint density at radius 2 is 2.07 bits per heavy atom. The van der Waals surface area contributed by atoms with Gasteiger partial charge in [0, 0.05) is 23.6 Å². The number of nitrogens with one attached hydrogen (secondary N) is 3. The molecular formula is C19H25ClN6O. The van der Waals surface area contributed by atoms with Gasteiger partial charge in [0.2, 0.25) is 0 Å². The molecule has 2 aromatic heterocycles. The molecule has 3 heterocycles. The van der Waals surface area contributed by atoms with Gasteiger partial charge in [-0.3, -0.25) is 4.79 Å². The van der Waals surface area contributed by atoms with Crippen molar-refractivity contribution < 1.29 is 4.79 Å². The number of piperidine rings is 1. The van der Waals surface area contributed by atoms with Crippen LogP contribution in [0.5, 0.6) is 0 Å². The van der Waals surface area contributed by atoms with Crippen LogP contribution in [-0.2, 0) is 6.42 Å². The molecule has 3 N–H and O–H groups in total. The van der Waals surface area contributed by atoms with E-state index in [1.165, 1.54) is 10.9 Å². The molecule has 4 rings (SSSR count). The SMILES string of the molecule is Cc1c(C(=O)NCCc2c[nH]c3ccccc23)nnn1C1CCNCC1.Cl. The van der Waals surface area contributed by atoms with Crippen LogP contribution in [0.3, 0.4) is 0 Å². The molecule has 0 aliphatic carbocycles. The second kappa shape index (κ2) is 8.54. The second-order valence-corrected chi connectivity index (χ2v) is 6.81. The average molecular weight is 389 g/mol. The lowest BCUT2D eigenvalue weighted by Gasteiger charge is -2.23. The summed E-state index contributed by atoms with van der Waals surface area (Å²) in [5.74, 6) is -0.150. The first kappa shape index (κ1) is 19.4. The van der Waals surface area contributed by atoms with E-state index < -0.39 is 0 Å². The Morgan fingerprint density at radius 3 is 2.89 bits per heavy atom. The smallest absolute Gasteiger partial charge is 0.273 e. The van der Waals surface area contributed by atoms with E-state index in [1.807, 2.05) is 29.9 Å². The summed E-state index contributed by atoms with van der Waals surface area (Å²) in [5.41, 5.74) is 3.61. The fourth-order valence-electron chi connectivity index (χ4n) is 3.68. The van der Waals surface area contributed by atoms with Crippen LogP contribution < -0.4 is 10.6 Å². The molecule has 3 aromatic rings. The first-order valence-electron chi connectivity index (χ1n) is 9.19. The number of hydrogen-bond donors (Lipinski definition) is 3. The Labute approximate surface area is 164 Å². The Bertz CT molecular complexity index is 912.